The number of aryl methyl sites for hydroxylation is 1. The van der Waals surface area contributed by atoms with Crippen molar-refractivity contribution < 1.29 is 4.74 Å². The molecule has 106 valence electrons. The van der Waals surface area contributed by atoms with E-state index in [4.69, 9.17) is 9.72 Å². The molecule has 0 N–H and O–H groups in total. The topological polar surface area (TPSA) is 52.8 Å². The van der Waals surface area contributed by atoms with Gasteiger partial charge in [0.05, 0.1) is 17.8 Å². The highest BCUT2D eigenvalue weighted by molar-refractivity contribution is 5.81. The van der Waals surface area contributed by atoms with Crippen LogP contribution in [-0.4, -0.2) is 33.0 Å². The average molecular weight is 280 g/mol. The van der Waals surface area contributed by atoms with Crippen LogP contribution < -0.4 is 0 Å². The van der Waals surface area contributed by atoms with E-state index in [1.165, 1.54) is 0 Å². The van der Waals surface area contributed by atoms with E-state index < -0.39 is 0 Å². The molecule has 5 heteroatoms. The number of nitrogens with zero attached hydrogens (tertiary/aromatic N) is 4. The molecule has 4 heterocycles. The Morgan fingerprint density at radius 1 is 1.29 bits per heavy atom. The van der Waals surface area contributed by atoms with E-state index >= 15 is 0 Å². The van der Waals surface area contributed by atoms with Gasteiger partial charge in [-0.25, -0.2) is 9.67 Å². The van der Waals surface area contributed by atoms with Gasteiger partial charge in [0, 0.05) is 36.0 Å². The standard InChI is InChI=1S/C16H16N4O/c1-11-13-9-17-7-5-15(13)20(19-11)16-4-2-3-14(18-16)12-6-8-21-10-12/h2-5,7,9,12H,6,8,10H2,1H3. The molecule has 0 bridgehead atoms. The zero-order valence-corrected chi connectivity index (χ0v) is 11.9. The second-order valence-corrected chi connectivity index (χ2v) is 5.37. The predicted molar refractivity (Wildman–Crippen MR) is 79.6 cm³/mol. The molecule has 4 rings (SSSR count). The summed E-state index contributed by atoms with van der Waals surface area (Å²) in [7, 11) is 0. The summed E-state index contributed by atoms with van der Waals surface area (Å²) >= 11 is 0. The number of rotatable bonds is 2. The predicted octanol–water partition coefficient (Wildman–Crippen LogP) is 2.63. The molecule has 1 saturated heterocycles. The first-order chi connectivity index (χ1) is 10.3. The van der Waals surface area contributed by atoms with Crippen LogP contribution >= 0.6 is 0 Å². The van der Waals surface area contributed by atoms with Gasteiger partial charge in [0.15, 0.2) is 5.82 Å². The fourth-order valence-electron chi connectivity index (χ4n) is 2.84. The lowest BCUT2D eigenvalue weighted by Gasteiger charge is -2.09. The summed E-state index contributed by atoms with van der Waals surface area (Å²) in [6, 6.07) is 8.08. The van der Waals surface area contributed by atoms with Gasteiger partial charge in [0.2, 0.25) is 0 Å². The van der Waals surface area contributed by atoms with Crippen LogP contribution in [0.5, 0.6) is 0 Å². The first kappa shape index (κ1) is 12.5. The van der Waals surface area contributed by atoms with E-state index in [0.717, 1.165) is 47.7 Å². The molecular formula is C16H16N4O. The third-order valence-corrected chi connectivity index (χ3v) is 3.99. The first-order valence-electron chi connectivity index (χ1n) is 7.17. The van der Waals surface area contributed by atoms with Crippen LogP contribution in [0.3, 0.4) is 0 Å². The fourth-order valence-corrected chi connectivity index (χ4v) is 2.84. The van der Waals surface area contributed by atoms with Crippen LogP contribution in [0.1, 0.15) is 23.7 Å². The van der Waals surface area contributed by atoms with Crippen LogP contribution in [0.2, 0.25) is 0 Å². The molecule has 0 spiro atoms. The van der Waals surface area contributed by atoms with Crippen LogP contribution in [0.4, 0.5) is 0 Å². The van der Waals surface area contributed by atoms with Crippen LogP contribution in [0.15, 0.2) is 36.7 Å². The van der Waals surface area contributed by atoms with Crippen molar-refractivity contribution in [2.75, 3.05) is 13.2 Å². The van der Waals surface area contributed by atoms with E-state index in [1.54, 1.807) is 6.20 Å². The summed E-state index contributed by atoms with van der Waals surface area (Å²) in [6.07, 6.45) is 4.68. The lowest BCUT2D eigenvalue weighted by atomic mass is 10.0. The van der Waals surface area contributed by atoms with Gasteiger partial charge in [-0.3, -0.25) is 4.98 Å². The SMILES string of the molecule is Cc1nn(-c2cccc(C3CCOC3)n2)c2ccncc12. The summed E-state index contributed by atoms with van der Waals surface area (Å²) < 4.78 is 7.36. The van der Waals surface area contributed by atoms with Crippen LogP contribution in [0, 0.1) is 6.92 Å². The van der Waals surface area contributed by atoms with Crippen molar-refractivity contribution in [3.8, 4) is 5.82 Å². The fraction of sp³-hybridized carbons (Fsp3) is 0.312. The van der Waals surface area contributed by atoms with Crippen molar-refractivity contribution >= 4 is 10.9 Å². The Morgan fingerprint density at radius 2 is 2.24 bits per heavy atom. The second-order valence-electron chi connectivity index (χ2n) is 5.37. The number of hydrogen-bond acceptors (Lipinski definition) is 4. The lowest BCUT2D eigenvalue weighted by Crippen LogP contribution is -2.06. The van der Waals surface area contributed by atoms with Crippen LogP contribution in [0.25, 0.3) is 16.7 Å². The quantitative estimate of drug-likeness (QED) is 0.724. The van der Waals surface area contributed by atoms with Gasteiger partial charge in [-0.15, -0.1) is 0 Å². The lowest BCUT2D eigenvalue weighted by molar-refractivity contribution is 0.193. The molecule has 1 aliphatic rings. The molecule has 1 atom stereocenters. The zero-order chi connectivity index (χ0) is 14.2. The molecule has 0 aromatic carbocycles. The molecule has 0 radical (unpaired) electrons. The van der Waals surface area contributed by atoms with E-state index in [2.05, 4.69) is 16.1 Å². The smallest absolute Gasteiger partial charge is 0.154 e. The minimum absolute atomic E-state index is 0.398. The van der Waals surface area contributed by atoms with Gasteiger partial charge in [0.25, 0.3) is 0 Å². The molecule has 3 aromatic rings. The van der Waals surface area contributed by atoms with Crippen molar-refractivity contribution in [2.24, 2.45) is 0 Å². The minimum atomic E-state index is 0.398. The monoisotopic (exact) mass is 280 g/mol. The Hall–Kier alpha value is -2.27. The van der Waals surface area contributed by atoms with Crippen molar-refractivity contribution in [3.05, 3.63) is 48.0 Å². The Labute approximate surface area is 122 Å². The molecule has 0 saturated carbocycles. The maximum atomic E-state index is 5.46. The maximum Gasteiger partial charge on any atom is 0.154 e. The highest BCUT2D eigenvalue weighted by Gasteiger charge is 2.20. The van der Waals surface area contributed by atoms with Gasteiger partial charge in [-0.2, -0.15) is 5.10 Å². The molecule has 0 aliphatic carbocycles. The summed E-state index contributed by atoms with van der Waals surface area (Å²) in [5.74, 6) is 1.25. The Bertz CT molecular complexity index is 790. The minimum Gasteiger partial charge on any atom is -0.381 e. The summed E-state index contributed by atoms with van der Waals surface area (Å²) in [6.45, 7) is 3.58. The second kappa shape index (κ2) is 4.93. The number of aromatic nitrogens is 4. The summed E-state index contributed by atoms with van der Waals surface area (Å²) in [4.78, 5) is 8.96. The van der Waals surface area contributed by atoms with E-state index in [0.29, 0.717) is 5.92 Å². The van der Waals surface area contributed by atoms with Crippen molar-refractivity contribution in [1.29, 1.82) is 0 Å². The number of fused-ring (bicyclic) bond motifs is 1. The molecule has 5 nitrogen and oxygen atoms in total. The largest absolute Gasteiger partial charge is 0.381 e. The average Bonchev–Trinajstić information content (AvgIpc) is 3.17. The highest BCUT2D eigenvalue weighted by Crippen LogP contribution is 2.25. The van der Waals surface area contributed by atoms with Gasteiger partial charge in [-0.1, -0.05) is 6.07 Å². The van der Waals surface area contributed by atoms with Gasteiger partial charge in [0.1, 0.15) is 0 Å². The Balaban J connectivity index is 1.83. The third-order valence-electron chi connectivity index (χ3n) is 3.99. The number of pyridine rings is 2. The normalized spacial score (nSPS) is 18.4. The zero-order valence-electron chi connectivity index (χ0n) is 11.9. The molecule has 3 aromatic heterocycles. The van der Waals surface area contributed by atoms with E-state index in [1.807, 2.05) is 36.0 Å². The third kappa shape index (κ3) is 2.10. The summed E-state index contributed by atoms with van der Waals surface area (Å²) in [5.41, 5.74) is 3.09. The Kier molecular flexibility index (Phi) is 2.93. The highest BCUT2D eigenvalue weighted by atomic mass is 16.5. The van der Waals surface area contributed by atoms with Crippen molar-refractivity contribution in [1.82, 2.24) is 19.7 Å². The van der Waals surface area contributed by atoms with Gasteiger partial charge in [-0.05, 0) is 31.5 Å². The van der Waals surface area contributed by atoms with Crippen molar-refractivity contribution in [2.45, 2.75) is 19.3 Å². The summed E-state index contributed by atoms with van der Waals surface area (Å²) in [5, 5.41) is 5.67. The first-order valence-corrected chi connectivity index (χ1v) is 7.17. The molecule has 1 fully saturated rings. The van der Waals surface area contributed by atoms with Crippen LogP contribution in [-0.2, 0) is 4.74 Å². The van der Waals surface area contributed by atoms with E-state index in [9.17, 15) is 0 Å². The van der Waals surface area contributed by atoms with Gasteiger partial charge >= 0.3 is 0 Å². The van der Waals surface area contributed by atoms with Crippen molar-refractivity contribution in [3.63, 3.8) is 0 Å². The van der Waals surface area contributed by atoms with Gasteiger partial charge < -0.3 is 4.74 Å². The Morgan fingerprint density at radius 3 is 3.10 bits per heavy atom. The number of ether oxygens (including phenoxy) is 1. The molecule has 1 unspecified atom stereocenters. The molecule has 21 heavy (non-hydrogen) atoms. The molecular weight excluding hydrogens is 264 g/mol. The van der Waals surface area contributed by atoms with E-state index in [-0.39, 0.29) is 0 Å². The number of hydrogen-bond donors (Lipinski definition) is 0. The molecule has 0 amide bonds. The maximum absolute atomic E-state index is 5.46. The molecule has 1 aliphatic heterocycles.